The van der Waals surface area contributed by atoms with Gasteiger partial charge in [0, 0.05) is 11.6 Å². The van der Waals surface area contributed by atoms with E-state index in [2.05, 4.69) is 10.6 Å². The molecule has 0 heterocycles. The van der Waals surface area contributed by atoms with Gasteiger partial charge in [-0.25, -0.2) is 4.79 Å². The topological polar surface area (TPSA) is 131 Å². The summed E-state index contributed by atoms with van der Waals surface area (Å²) in [6.45, 7) is 12.6. The lowest BCUT2D eigenvalue weighted by Crippen LogP contribution is -2.56. The summed E-state index contributed by atoms with van der Waals surface area (Å²) in [5.74, 6) is -1.65. The maximum atomic E-state index is 13.8. The number of nitrogens with zero attached hydrogens (tertiary/aromatic N) is 1. The summed E-state index contributed by atoms with van der Waals surface area (Å²) in [5, 5.41) is 5.46. The molecule has 2 rings (SSSR count). The van der Waals surface area contributed by atoms with Crippen molar-refractivity contribution < 1.29 is 23.9 Å². The smallest absolute Gasteiger partial charge is 0.408 e. The van der Waals surface area contributed by atoms with Crippen LogP contribution in [0.3, 0.4) is 0 Å². The predicted molar refractivity (Wildman–Crippen MR) is 129 cm³/mol. The van der Waals surface area contributed by atoms with Crippen LogP contribution in [0.5, 0.6) is 0 Å². The quantitative estimate of drug-likeness (QED) is 0.533. The molecule has 188 valence electrons. The van der Waals surface area contributed by atoms with Gasteiger partial charge in [0.25, 0.3) is 0 Å². The fourth-order valence-electron chi connectivity index (χ4n) is 3.62. The molecule has 34 heavy (non-hydrogen) atoms. The molecule has 2 unspecified atom stereocenters. The van der Waals surface area contributed by atoms with Crippen LogP contribution < -0.4 is 16.4 Å². The number of amides is 4. The summed E-state index contributed by atoms with van der Waals surface area (Å²) >= 11 is 0. The monoisotopic (exact) mass is 474 g/mol. The zero-order valence-corrected chi connectivity index (χ0v) is 21.2. The number of aryl methyl sites for hydroxylation is 1. The average Bonchev–Trinajstić information content (AvgIpc) is 3.46. The van der Waals surface area contributed by atoms with E-state index in [1.807, 2.05) is 45.9 Å². The predicted octanol–water partition coefficient (Wildman–Crippen LogP) is 2.71. The van der Waals surface area contributed by atoms with Crippen LogP contribution in [0, 0.1) is 6.92 Å². The largest absolute Gasteiger partial charge is 0.444 e. The highest BCUT2D eigenvalue weighted by atomic mass is 16.6. The molecular weight excluding hydrogens is 436 g/mol. The molecule has 0 spiro atoms. The van der Waals surface area contributed by atoms with Crippen LogP contribution in [-0.2, 0) is 19.1 Å². The molecule has 9 heteroatoms. The molecule has 9 nitrogen and oxygen atoms in total. The van der Waals surface area contributed by atoms with Crippen molar-refractivity contribution >= 4 is 23.8 Å². The number of rotatable bonds is 8. The molecule has 1 aliphatic rings. The first-order valence-corrected chi connectivity index (χ1v) is 11.6. The summed E-state index contributed by atoms with van der Waals surface area (Å²) in [7, 11) is 0. The van der Waals surface area contributed by atoms with E-state index in [4.69, 9.17) is 10.5 Å². The van der Waals surface area contributed by atoms with Gasteiger partial charge in [-0.05, 0) is 66.9 Å². The van der Waals surface area contributed by atoms with Crippen molar-refractivity contribution in [3.63, 3.8) is 0 Å². The van der Waals surface area contributed by atoms with Crippen molar-refractivity contribution in [3.8, 4) is 0 Å². The van der Waals surface area contributed by atoms with E-state index in [0.717, 1.165) is 5.56 Å². The highest BCUT2D eigenvalue weighted by Gasteiger charge is 2.44. The van der Waals surface area contributed by atoms with Gasteiger partial charge < -0.3 is 26.0 Å². The zero-order valence-electron chi connectivity index (χ0n) is 21.2. The molecule has 1 aliphatic carbocycles. The molecule has 4 N–H and O–H groups in total. The number of carbonyl (C=O) groups excluding carboxylic acids is 4. The van der Waals surface area contributed by atoms with Crippen molar-refractivity contribution in [2.24, 2.45) is 5.73 Å². The summed E-state index contributed by atoms with van der Waals surface area (Å²) in [6.07, 6.45) is 0.177. The van der Waals surface area contributed by atoms with Crippen molar-refractivity contribution in [1.82, 2.24) is 15.5 Å². The number of nitrogens with two attached hydrogens (primary N) is 1. The van der Waals surface area contributed by atoms with E-state index in [1.54, 1.807) is 26.8 Å². The van der Waals surface area contributed by atoms with Gasteiger partial charge in [0.15, 0.2) is 0 Å². The summed E-state index contributed by atoms with van der Waals surface area (Å²) in [6, 6.07) is 5.01. The SMILES string of the molecule is Cc1cccc(C(C(=O)NC(C)(C)C)N(C(=O)C(CC(N)=O)NC(=O)OC(C)(C)C)C2CC2)c1. The van der Waals surface area contributed by atoms with Gasteiger partial charge >= 0.3 is 6.09 Å². The van der Waals surface area contributed by atoms with E-state index < -0.39 is 47.6 Å². The molecule has 0 bridgehead atoms. The number of carbonyl (C=O) groups is 4. The lowest BCUT2D eigenvalue weighted by atomic mass is 9.98. The van der Waals surface area contributed by atoms with Crippen molar-refractivity contribution in [1.29, 1.82) is 0 Å². The number of benzene rings is 1. The van der Waals surface area contributed by atoms with E-state index in [9.17, 15) is 19.2 Å². The van der Waals surface area contributed by atoms with Crippen molar-refractivity contribution in [3.05, 3.63) is 35.4 Å². The van der Waals surface area contributed by atoms with Crippen molar-refractivity contribution in [2.75, 3.05) is 0 Å². The third kappa shape index (κ3) is 8.35. The first-order valence-electron chi connectivity index (χ1n) is 11.6. The summed E-state index contributed by atoms with van der Waals surface area (Å²) < 4.78 is 5.28. The Kier molecular flexibility index (Phi) is 8.34. The fourth-order valence-corrected chi connectivity index (χ4v) is 3.62. The average molecular weight is 475 g/mol. The standard InChI is InChI=1S/C25H38N4O5/c1-15-9-8-10-16(13-15)20(21(31)28-24(2,3)4)29(17-11-12-17)22(32)18(14-19(26)30)27-23(33)34-25(5,6)7/h8-10,13,17-18,20H,11-12,14H2,1-7H3,(H2,26,30)(H,27,33)(H,28,31). The van der Waals surface area contributed by atoms with Gasteiger partial charge in [-0.1, -0.05) is 29.8 Å². The number of nitrogens with one attached hydrogen (secondary N) is 2. The minimum absolute atomic E-state index is 0.195. The fraction of sp³-hybridized carbons (Fsp3) is 0.600. The molecule has 4 amide bonds. The minimum atomic E-state index is -1.26. The van der Waals surface area contributed by atoms with Crippen LogP contribution in [0.1, 0.15) is 78.0 Å². The third-order valence-corrected chi connectivity index (χ3v) is 4.97. The summed E-state index contributed by atoms with van der Waals surface area (Å²) in [4.78, 5) is 53.0. The van der Waals surface area contributed by atoms with Crippen LogP contribution in [-0.4, -0.2) is 51.9 Å². The van der Waals surface area contributed by atoms with Gasteiger partial charge in [-0.15, -0.1) is 0 Å². The Labute approximate surface area is 201 Å². The van der Waals surface area contributed by atoms with E-state index in [-0.39, 0.29) is 11.9 Å². The Bertz CT molecular complexity index is 928. The van der Waals surface area contributed by atoms with Gasteiger partial charge in [-0.2, -0.15) is 0 Å². The molecule has 1 aromatic rings. The Morgan fingerprint density at radius 1 is 1.12 bits per heavy atom. The highest BCUT2D eigenvalue weighted by molar-refractivity contribution is 5.95. The molecule has 1 saturated carbocycles. The van der Waals surface area contributed by atoms with E-state index >= 15 is 0 Å². The van der Waals surface area contributed by atoms with E-state index in [1.165, 1.54) is 4.90 Å². The second-order valence-corrected chi connectivity index (χ2v) is 10.9. The maximum Gasteiger partial charge on any atom is 0.408 e. The van der Waals surface area contributed by atoms with Gasteiger partial charge in [0.1, 0.15) is 17.7 Å². The summed E-state index contributed by atoms with van der Waals surface area (Å²) in [5.41, 5.74) is 5.66. The molecule has 0 saturated heterocycles. The van der Waals surface area contributed by atoms with Gasteiger partial charge in [0.2, 0.25) is 17.7 Å². The lowest BCUT2D eigenvalue weighted by molar-refractivity contribution is -0.144. The molecule has 0 aromatic heterocycles. The molecule has 1 aromatic carbocycles. The number of primary amides is 1. The Balaban J connectivity index is 2.47. The van der Waals surface area contributed by atoms with Gasteiger partial charge in [-0.3, -0.25) is 14.4 Å². The highest BCUT2D eigenvalue weighted by Crippen LogP contribution is 2.36. The normalized spacial score (nSPS) is 15.6. The molecular formula is C25H38N4O5. The Morgan fingerprint density at radius 2 is 1.74 bits per heavy atom. The lowest BCUT2D eigenvalue weighted by Gasteiger charge is -2.36. The number of ether oxygens (including phenoxy) is 1. The molecule has 1 fully saturated rings. The molecule has 0 radical (unpaired) electrons. The van der Waals surface area contributed by atoms with Crippen LogP contribution in [0.4, 0.5) is 4.79 Å². The zero-order chi connectivity index (χ0) is 25.8. The number of alkyl carbamates (subject to hydrolysis) is 1. The number of hydrogen-bond donors (Lipinski definition) is 3. The third-order valence-electron chi connectivity index (χ3n) is 4.97. The van der Waals surface area contributed by atoms with Crippen LogP contribution in [0.25, 0.3) is 0 Å². The first kappa shape index (κ1) is 27.1. The Hall–Kier alpha value is -3.10. The van der Waals surface area contributed by atoms with Crippen LogP contribution >= 0.6 is 0 Å². The second kappa shape index (κ2) is 10.4. The van der Waals surface area contributed by atoms with Gasteiger partial charge in [0.05, 0.1) is 6.42 Å². The molecule has 2 atom stereocenters. The molecule has 0 aliphatic heterocycles. The number of hydrogen-bond acceptors (Lipinski definition) is 5. The van der Waals surface area contributed by atoms with Crippen LogP contribution in [0.15, 0.2) is 24.3 Å². The first-order chi connectivity index (χ1) is 15.6. The van der Waals surface area contributed by atoms with E-state index in [0.29, 0.717) is 18.4 Å². The Morgan fingerprint density at radius 3 is 2.21 bits per heavy atom. The minimum Gasteiger partial charge on any atom is -0.444 e. The second-order valence-electron chi connectivity index (χ2n) is 10.9. The van der Waals surface area contributed by atoms with Crippen LogP contribution in [0.2, 0.25) is 0 Å². The maximum absolute atomic E-state index is 13.8. The van der Waals surface area contributed by atoms with Crippen molar-refractivity contribution in [2.45, 2.75) is 97.0 Å².